The van der Waals surface area contributed by atoms with Gasteiger partial charge in [-0.15, -0.1) is 0 Å². The molecular weight excluding hydrogens is 884 g/mol. The van der Waals surface area contributed by atoms with Crippen molar-refractivity contribution < 1.29 is 76.1 Å². The van der Waals surface area contributed by atoms with Gasteiger partial charge in [-0.3, -0.25) is 19.2 Å². The predicted octanol–water partition coefficient (Wildman–Crippen LogP) is 5.67. The third-order valence-electron chi connectivity index (χ3n) is 12.9. The van der Waals surface area contributed by atoms with Gasteiger partial charge in [-0.25, -0.2) is 4.79 Å². The summed E-state index contributed by atoms with van der Waals surface area (Å²) in [4.78, 5) is 72.5. The summed E-state index contributed by atoms with van der Waals surface area (Å²) in [6, 6.07) is 4.19. The van der Waals surface area contributed by atoms with E-state index in [2.05, 4.69) is 10.6 Å². The van der Waals surface area contributed by atoms with Gasteiger partial charge in [-0.2, -0.15) is 13.2 Å². The summed E-state index contributed by atoms with van der Waals surface area (Å²) in [5.74, 6) is -9.58. The molecule has 19 heteroatoms. The minimum Gasteiger partial charge on any atom is -0.507 e. The van der Waals surface area contributed by atoms with Crippen LogP contribution in [0.5, 0.6) is 11.5 Å². The number of halogens is 3. The van der Waals surface area contributed by atoms with Crippen LogP contribution in [0.15, 0.2) is 71.8 Å². The Morgan fingerprint density at radius 1 is 0.925 bits per heavy atom. The number of hydrogen-bond acceptors (Lipinski definition) is 14. The molecule has 2 aromatic rings. The van der Waals surface area contributed by atoms with Crippen LogP contribution in [0.4, 0.5) is 18.0 Å². The number of alkyl carbamates (subject to hydrolysis) is 1. The Hall–Kier alpha value is -6.02. The number of alkyl halides is 3. The molecule has 4 aliphatic heterocycles. The van der Waals surface area contributed by atoms with Crippen molar-refractivity contribution in [1.82, 2.24) is 15.5 Å². The van der Waals surface area contributed by atoms with E-state index < -0.39 is 118 Å². The summed E-state index contributed by atoms with van der Waals surface area (Å²) in [6.45, 7) is 11.2. The molecule has 4 heterocycles. The van der Waals surface area contributed by atoms with Crippen LogP contribution >= 0.6 is 0 Å². The number of aliphatic hydroxyl groups is 2. The lowest BCUT2D eigenvalue weighted by molar-refractivity contribution is -0.137. The summed E-state index contributed by atoms with van der Waals surface area (Å²) in [5, 5.41) is 39.9. The van der Waals surface area contributed by atoms with Gasteiger partial charge >= 0.3 is 18.1 Å². The zero-order chi connectivity index (χ0) is 49.3. The molecule has 67 heavy (non-hydrogen) atoms. The number of nitrogens with one attached hydrogen (secondary N) is 2. The number of aliphatic hydroxyl groups excluding tert-OH is 2. The number of amides is 2. The topological polar surface area (TPSA) is 219 Å². The van der Waals surface area contributed by atoms with Crippen LogP contribution in [0.25, 0.3) is 0 Å². The number of carbonyl (C=O) groups is 5. The maximum atomic E-state index is 14.8. The van der Waals surface area contributed by atoms with Crippen molar-refractivity contribution in [1.29, 1.82) is 0 Å². The van der Waals surface area contributed by atoms with Crippen LogP contribution in [-0.2, 0) is 36.5 Å². The summed E-state index contributed by atoms with van der Waals surface area (Å²) in [7, 11) is 1.35. The third kappa shape index (κ3) is 10.1. The highest BCUT2D eigenvalue weighted by Gasteiger charge is 2.53. The quantitative estimate of drug-likeness (QED) is 0.244. The summed E-state index contributed by atoms with van der Waals surface area (Å²) < 4.78 is 68.7. The molecule has 0 spiro atoms. The number of ether oxygens (including phenoxy) is 5. The standard InChI is InChI=1S/C48H56F3N3O13/c1-23-10-9-11-24(2)45(61)53-35-36(54-17-20-64-21-18-54)41(59)32-33(40(35)58)39(57)28(6)43-34(32)44(60)47(7,67-43)65-19-16-31(63-8)25(3)42(27(5)38(56)26(4)37(23)55)66-46(62)52-22-29-12-14-30(15-13-29)48(49,50)51/h9-16,19,23,25-27,31,37-38,42,55-57H,17-18,20-22H2,1-8H3,(H,52,62)(H,53,61)/b10-9+,19-16+,24-11-/t23-,25+,26+,27+,31-,37-,38+,42+,47-/m0/s1. The van der Waals surface area contributed by atoms with Gasteiger partial charge in [0.1, 0.15) is 29.0 Å². The lowest BCUT2D eigenvalue weighted by Crippen LogP contribution is -2.47. The molecule has 5 aliphatic rings. The van der Waals surface area contributed by atoms with Crippen molar-refractivity contribution in [2.45, 2.75) is 91.4 Å². The van der Waals surface area contributed by atoms with Crippen LogP contribution < -0.4 is 15.4 Å². The van der Waals surface area contributed by atoms with Gasteiger partial charge in [0, 0.05) is 68.5 Å². The fraction of sp³-hybridized carbons (Fsp3) is 0.479. The Kier molecular flexibility index (Phi) is 15.1. The normalized spacial score (nSPS) is 30.5. The van der Waals surface area contributed by atoms with Crippen molar-refractivity contribution in [2.75, 3.05) is 33.4 Å². The average molecular weight is 940 g/mol. The molecule has 2 amide bonds. The Bertz CT molecular complexity index is 2410. The number of carbonyl (C=O) groups excluding carboxylic acids is 5. The van der Waals surface area contributed by atoms with Crippen LogP contribution in [0.1, 0.15) is 89.3 Å². The molecule has 0 saturated carbocycles. The van der Waals surface area contributed by atoms with Crippen LogP contribution in [0.3, 0.4) is 0 Å². The Balaban J connectivity index is 1.39. The second kappa shape index (κ2) is 20.1. The van der Waals surface area contributed by atoms with Crippen molar-refractivity contribution >= 4 is 29.4 Å². The second-order valence-corrected chi connectivity index (χ2v) is 17.5. The lowest BCUT2D eigenvalue weighted by Gasteiger charge is -2.38. The average Bonchev–Trinajstić information content (AvgIpc) is 3.56. The lowest BCUT2D eigenvalue weighted by atomic mass is 9.78. The van der Waals surface area contributed by atoms with Crippen LogP contribution in [-0.4, -0.2) is 113 Å². The van der Waals surface area contributed by atoms with Crippen molar-refractivity contribution in [2.24, 2.45) is 23.7 Å². The van der Waals surface area contributed by atoms with Crippen LogP contribution in [0.2, 0.25) is 0 Å². The molecule has 1 fully saturated rings. The monoisotopic (exact) mass is 939 g/mol. The van der Waals surface area contributed by atoms with Gasteiger partial charge in [0.05, 0.1) is 60.0 Å². The number of phenolic OH excluding ortho intramolecular Hbond substituents is 1. The highest BCUT2D eigenvalue weighted by molar-refractivity contribution is 6.32. The molecule has 2 aromatic carbocycles. The van der Waals surface area contributed by atoms with E-state index in [-0.39, 0.29) is 61.0 Å². The van der Waals surface area contributed by atoms with Crippen molar-refractivity contribution in [3.63, 3.8) is 0 Å². The molecule has 1 saturated heterocycles. The number of methoxy groups -OCH3 is 1. The number of phenols is 1. The van der Waals surface area contributed by atoms with E-state index in [1.807, 2.05) is 0 Å². The van der Waals surface area contributed by atoms with E-state index in [9.17, 15) is 52.5 Å². The highest BCUT2D eigenvalue weighted by Crippen LogP contribution is 2.49. The molecule has 1 aliphatic carbocycles. The van der Waals surface area contributed by atoms with E-state index >= 15 is 0 Å². The smallest absolute Gasteiger partial charge is 0.416 e. The van der Waals surface area contributed by atoms with Gasteiger partial charge in [-0.05, 0) is 37.6 Å². The Morgan fingerprint density at radius 2 is 1.58 bits per heavy atom. The first-order valence-electron chi connectivity index (χ1n) is 21.8. The highest BCUT2D eigenvalue weighted by atomic mass is 19.4. The molecule has 5 N–H and O–H groups in total. The van der Waals surface area contributed by atoms with Gasteiger partial charge in [-0.1, -0.05) is 58.1 Å². The number of morpholine rings is 1. The van der Waals surface area contributed by atoms with Gasteiger partial charge < -0.3 is 54.5 Å². The van der Waals surface area contributed by atoms with Crippen molar-refractivity contribution in [3.8, 4) is 11.5 Å². The largest absolute Gasteiger partial charge is 0.507 e. The molecule has 0 unspecified atom stereocenters. The SMILES string of the molecule is CO[C@H]1/C=C/O[C@@]2(C)Oc3c(C)c(O)c4c(c3C2=O)C(=O)C(N2CCOCC2)=C(NC(=O)/C(C)=C\C=C\[C@H](C)[C@H](O)[C@@H](C)[C@@H](O)[C@@H](C)[C@H](OC(=O)NCc2ccc(C(F)(F)F)cc2)[C@@H]1C)C4=O. The van der Waals surface area contributed by atoms with E-state index in [4.69, 9.17) is 23.7 Å². The molecular formula is C48H56F3N3O13. The number of nitrogens with zero attached hydrogens (tertiary/aromatic N) is 1. The van der Waals surface area contributed by atoms with Crippen LogP contribution in [0, 0.1) is 30.6 Å². The predicted molar refractivity (Wildman–Crippen MR) is 234 cm³/mol. The Labute approximate surface area is 385 Å². The van der Waals surface area contributed by atoms with E-state index in [0.29, 0.717) is 5.56 Å². The zero-order valence-corrected chi connectivity index (χ0v) is 38.4. The Morgan fingerprint density at radius 3 is 2.21 bits per heavy atom. The zero-order valence-electron chi connectivity index (χ0n) is 38.4. The number of allylic oxidation sites excluding steroid dienone is 4. The summed E-state index contributed by atoms with van der Waals surface area (Å²) in [6.07, 6.45) is -3.13. The second-order valence-electron chi connectivity index (χ2n) is 17.5. The van der Waals surface area contributed by atoms with E-state index in [0.717, 1.165) is 18.4 Å². The minimum atomic E-state index is -4.55. The summed E-state index contributed by atoms with van der Waals surface area (Å²) >= 11 is 0. The molecule has 9 atom stereocenters. The number of aromatic hydroxyl groups is 1. The first-order chi connectivity index (χ1) is 31.5. The number of benzene rings is 2. The number of ketones is 3. The molecule has 7 rings (SSSR count). The van der Waals surface area contributed by atoms with Gasteiger partial charge in [0.15, 0.2) is 0 Å². The number of hydrogen-bond donors (Lipinski definition) is 5. The fourth-order valence-corrected chi connectivity index (χ4v) is 8.72. The first kappa shape index (κ1) is 50.4. The molecule has 0 radical (unpaired) electrons. The maximum absolute atomic E-state index is 14.8. The fourth-order valence-electron chi connectivity index (χ4n) is 8.72. The van der Waals surface area contributed by atoms with Crippen molar-refractivity contribution in [3.05, 3.63) is 105 Å². The maximum Gasteiger partial charge on any atom is 0.416 e. The minimum absolute atomic E-state index is 0.0511. The first-order valence-corrected chi connectivity index (χ1v) is 21.8. The molecule has 362 valence electrons. The number of rotatable bonds is 5. The van der Waals surface area contributed by atoms with Gasteiger partial charge in [0.25, 0.3) is 11.7 Å². The van der Waals surface area contributed by atoms with Gasteiger partial charge in [0.2, 0.25) is 11.6 Å². The molecule has 0 aromatic heterocycles. The van der Waals surface area contributed by atoms with E-state index in [1.165, 1.54) is 58.2 Å². The summed E-state index contributed by atoms with van der Waals surface area (Å²) in [5.41, 5.74) is -2.33. The molecule has 16 nitrogen and oxygen atoms in total. The molecule has 5 bridgehead atoms. The number of fused-ring (bicyclic) bond motifs is 14. The number of Topliss-reactive ketones (excluding diaryl/α,β-unsaturated/α-hetero) is 3. The third-order valence-corrected chi connectivity index (χ3v) is 12.9. The van der Waals surface area contributed by atoms with E-state index in [1.54, 1.807) is 38.7 Å².